The van der Waals surface area contributed by atoms with Crippen molar-refractivity contribution < 1.29 is 4.74 Å². The lowest BCUT2D eigenvalue weighted by Crippen LogP contribution is -2.16. The minimum Gasteiger partial charge on any atom is -0.495 e. The Morgan fingerprint density at radius 3 is 2.95 bits per heavy atom. The van der Waals surface area contributed by atoms with Crippen LogP contribution in [-0.2, 0) is 13.0 Å². The quantitative estimate of drug-likeness (QED) is 0.830. The molecular formula is C15H17N3OS. The van der Waals surface area contributed by atoms with E-state index < -0.39 is 0 Å². The first kappa shape index (κ1) is 14.5. The van der Waals surface area contributed by atoms with Gasteiger partial charge in [0.25, 0.3) is 0 Å². The van der Waals surface area contributed by atoms with E-state index in [-0.39, 0.29) is 0 Å². The van der Waals surface area contributed by atoms with Gasteiger partial charge >= 0.3 is 0 Å². The highest BCUT2D eigenvalue weighted by atomic mass is 32.1. The molecule has 1 aromatic carbocycles. The van der Waals surface area contributed by atoms with Gasteiger partial charge in [0, 0.05) is 24.9 Å². The molecule has 4 nitrogen and oxygen atoms in total. The third-order valence-corrected chi connectivity index (χ3v) is 3.76. The third kappa shape index (κ3) is 3.80. The zero-order valence-corrected chi connectivity index (χ0v) is 12.5. The molecule has 20 heavy (non-hydrogen) atoms. The first-order valence-corrected chi connectivity index (χ1v) is 7.29. The average Bonchev–Trinajstić information content (AvgIpc) is 2.89. The van der Waals surface area contributed by atoms with E-state index in [4.69, 9.17) is 10.00 Å². The summed E-state index contributed by atoms with van der Waals surface area (Å²) in [5.74, 6) is 0.620. The number of aryl methyl sites for hydroxylation is 1. The van der Waals surface area contributed by atoms with Gasteiger partial charge in [-0.05, 0) is 24.6 Å². The van der Waals surface area contributed by atoms with E-state index in [1.165, 1.54) is 0 Å². The normalized spacial score (nSPS) is 10.2. The van der Waals surface area contributed by atoms with Crippen molar-refractivity contribution in [3.63, 3.8) is 0 Å². The molecule has 0 aliphatic heterocycles. The van der Waals surface area contributed by atoms with Crippen LogP contribution in [0.15, 0.2) is 23.6 Å². The van der Waals surface area contributed by atoms with Crippen LogP contribution < -0.4 is 10.1 Å². The van der Waals surface area contributed by atoms with Crippen LogP contribution in [0.4, 0.5) is 0 Å². The minimum absolute atomic E-state index is 0.571. The molecule has 0 saturated heterocycles. The molecule has 1 aromatic heterocycles. The Balaban J connectivity index is 1.84. The van der Waals surface area contributed by atoms with Gasteiger partial charge in [0.05, 0.1) is 23.4 Å². The van der Waals surface area contributed by atoms with Crippen molar-refractivity contribution in [2.45, 2.75) is 19.9 Å². The largest absolute Gasteiger partial charge is 0.495 e. The number of benzene rings is 1. The molecule has 0 aliphatic rings. The Labute approximate surface area is 123 Å². The fourth-order valence-corrected chi connectivity index (χ4v) is 2.57. The van der Waals surface area contributed by atoms with Crippen LogP contribution in [0.25, 0.3) is 0 Å². The molecule has 1 heterocycles. The Morgan fingerprint density at radius 1 is 1.45 bits per heavy atom. The van der Waals surface area contributed by atoms with Gasteiger partial charge in [-0.1, -0.05) is 6.07 Å². The molecule has 0 atom stereocenters. The van der Waals surface area contributed by atoms with Gasteiger partial charge in [-0.25, -0.2) is 4.98 Å². The van der Waals surface area contributed by atoms with Crippen molar-refractivity contribution in [3.05, 3.63) is 45.4 Å². The topological polar surface area (TPSA) is 57.9 Å². The number of hydrogen-bond acceptors (Lipinski definition) is 5. The van der Waals surface area contributed by atoms with Gasteiger partial charge in [0.2, 0.25) is 0 Å². The summed E-state index contributed by atoms with van der Waals surface area (Å²) in [5, 5.41) is 15.6. The molecule has 0 saturated carbocycles. The number of nitriles is 1. The second-order valence-electron chi connectivity index (χ2n) is 4.43. The fourth-order valence-electron chi connectivity index (χ4n) is 1.92. The summed E-state index contributed by atoms with van der Waals surface area (Å²) in [6.45, 7) is 3.63. The number of ether oxygens (including phenoxy) is 1. The van der Waals surface area contributed by atoms with Crippen molar-refractivity contribution in [3.8, 4) is 11.8 Å². The molecule has 0 unspecified atom stereocenters. The molecule has 0 amide bonds. The molecule has 2 rings (SSSR count). The summed E-state index contributed by atoms with van der Waals surface area (Å²) >= 11 is 1.68. The number of rotatable bonds is 6. The molecular weight excluding hydrogens is 270 g/mol. The van der Waals surface area contributed by atoms with Gasteiger partial charge in [-0.3, -0.25) is 0 Å². The summed E-state index contributed by atoms with van der Waals surface area (Å²) in [5.41, 5.74) is 2.78. The first-order valence-electron chi connectivity index (χ1n) is 6.41. The van der Waals surface area contributed by atoms with E-state index in [2.05, 4.69) is 21.8 Å². The molecule has 5 heteroatoms. The van der Waals surface area contributed by atoms with Crippen molar-refractivity contribution in [1.82, 2.24) is 10.3 Å². The summed E-state index contributed by atoms with van der Waals surface area (Å²) in [6.07, 6.45) is 0.922. The predicted molar refractivity (Wildman–Crippen MR) is 80.0 cm³/mol. The zero-order valence-electron chi connectivity index (χ0n) is 11.6. The maximum atomic E-state index is 9.04. The Bertz CT molecular complexity index is 616. The smallest absolute Gasteiger partial charge is 0.136 e. The molecule has 104 valence electrons. The van der Waals surface area contributed by atoms with Gasteiger partial charge in [-0.15, -0.1) is 11.3 Å². The Hall–Kier alpha value is -1.90. The van der Waals surface area contributed by atoms with Gasteiger partial charge in [-0.2, -0.15) is 5.26 Å². The molecule has 0 radical (unpaired) electrons. The summed E-state index contributed by atoms with van der Waals surface area (Å²) < 4.78 is 5.13. The summed E-state index contributed by atoms with van der Waals surface area (Å²) in [7, 11) is 1.57. The van der Waals surface area contributed by atoms with Gasteiger partial charge in [0.15, 0.2) is 0 Å². The van der Waals surface area contributed by atoms with Crippen LogP contribution >= 0.6 is 11.3 Å². The van der Waals surface area contributed by atoms with Crippen LogP contribution in [0.1, 0.15) is 21.8 Å². The Morgan fingerprint density at radius 2 is 2.30 bits per heavy atom. The SMILES string of the molecule is COc1ccc(CNCCc2csc(C)n2)cc1C#N. The molecule has 0 aliphatic carbocycles. The van der Waals surface area contributed by atoms with E-state index in [9.17, 15) is 0 Å². The van der Waals surface area contributed by atoms with Crippen molar-refractivity contribution in [2.24, 2.45) is 0 Å². The van der Waals surface area contributed by atoms with E-state index in [1.807, 2.05) is 25.1 Å². The lowest BCUT2D eigenvalue weighted by atomic mass is 10.1. The van der Waals surface area contributed by atoms with Crippen LogP contribution in [-0.4, -0.2) is 18.6 Å². The maximum Gasteiger partial charge on any atom is 0.136 e. The van der Waals surface area contributed by atoms with Gasteiger partial charge in [0.1, 0.15) is 11.8 Å². The number of methoxy groups -OCH3 is 1. The number of hydrogen-bond donors (Lipinski definition) is 1. The molecule has 0 spiro atoms. The summed E-state index contributed by atoms with van der Waals surface area (Å²) in [6, 6.07) is 7.81. The van der Waals surface area contributed by atoms with Crippen molar-refractivity contribution in [1.29, 1.82) is 5.26 Å². The monoisotopic (exact) mass is 287 g/mol. The highest BCUT2D eigenvalue weighted by Gasteiger charge is 2.03. The van der Waals surface area contributed by atoms with E-state index in [1.54, 1.807) is 18.4 Å². The maximum absolute atomic E-state index is 9.04. The highest BCUT2D eigenvalue weighted by molar-refractivity contribution is 7.09. The predicted octanol–water partition coefficient (Wildman–Crippen LogP) is 2.66. The second-order valence-corrected chi connectivity index (χ2v) is 5.49. The zero-order chi connectivity index (χ0) is 14.4. The highest BCUT2D eigenvalue weighted by Crippen LogP contribution is 2.18. The molecule has 0 fully saturated rings. The van der Waals surface area contributed by atoms with Crippen LogP contribution in [0, 0.1) is 18.3 Å². The number of nitrogens with one attached hydrogen (secondary N) is 1. The standard InChI is InChI=1S/C15H17N3OS/c1-11-18-14(10-20-11)5-6-17-9-12-3-4-15(19-2)13(7-12)8-16/h3-4,7,10,17H,5-6,9H2,1-2H3. The number of thiazole rings is 1. The van der Waals surface area contributed by atoms with Gasteiger partial charge < -0.3 is 10.1 Å². The molecule has 2 aromatic rings. The summed E-state index contributed by atoms with van der Waals surface area (Å²) in [4.78, 5) is 4.42. The minimum atomic E-state index is 0.571. The molecule has 0 bridgehead atoms. The molecule has 1 N–H and O–H groups in total. The Kier molecular flexibility index (Phi) is 5.10. The average molecular weight is 287 g/mol. The van der Waals surface area contributed by atoms with E-state index >= 15 is 0 Å². The number of nitrogens with zero attached hydrogens (tertiary/aromatic N) is 2. The van der Waals surface area contributed by atoms with Crippen molar-refractivity contribution in [2.75, 3.05) is 13.7 Å². The van der Waals surface area contributed by atoms with E-state index in [0.29, 0.717) is 11.3 Å². The van der Waals surface area contributed by atoms with Crippen LogP contribution in [0.2, 0.25) is 0 Å². The van der Waals surface area contributed by atoms with E-state index in [0.717, 1.165) is 35.8 Å². The third-order valence-electron chi connectivity index (χ3n) is 2.94. The first-order chi connectivity index (χ1) is 9.72. The van der Waals surface area contributed by atoms with Crippen LogP contribution in [0.3, 0.4) is 0 Å². The fraction of sp³-hybridized carbons (Fsp3) is 0.333. The lowest BCUT2D eigenvalue weighted by Gasteiger charge is -2.07. The number of aromatic nitrogens is 1. The van der Waals surface area contributed by atoms with Crippen molar-refractivity contribution >= 4 is 11.3 Å². The lowest BCUT2D eigenvalue weighted by molar-refractivity contribution is 0.413. The second kappa shape index (κ2) is 7.04. The van der Waals surface area contributed by atoms with Crippen LogP contribution in [0.5, 0.6) is 5.75 Å².